The van der Waals surface area contributed by atoms with E-state index in [-0.39, 0.29) is 17.6 Å². The molecule has 3 heteroatoms. The van der Waals surface area contributed by atoms with Gasteiger partial charge in [-0.3, -0.25) is 4.99 Å². The van der Waals surface area contributed by atoms with E-state index in [1.54, 1.807) is 7.11 Å². The van der Waals surface area contributed by atoms with Gasteiger partial charge in [-0.25, -0.2) is 0 Å². The van der Waals surface area contributed by atoms with Crippen LogP contribution in [0.25, 0.3) is 0 Å². The van der Waals surface area contributed by atoms with Crippen LogP contribution in [0.5, 0.6) is 5.75 Å². The first-order valence-corrected chi connectivity index (χ1v) is 10.7. The van der Waals surface area contributed by atoms with Gasteiger partial charge in [-0.05, 0) is 104 Å². The van der Waals surface area contributed by atoms with Crippen LogP contribution < -0.4 is 4.74 Å². The summed E-state index contributed by atoms with van der Waals surface area (Å²) < 4.78 is 5.44. The Balaban J connectivity index is 1.38. The molecule has 1 aromatic rings. The largest absolute Gasteiger partial charge is 0.497 e. The number of aliphatic hydroxyl groups excluding tert-OH is 1. The normalized spacial score (nSPS) is 40.3. The first-order chi connectivity index (χ1) is 13.6. The quantitative estimate of drug-likeness (QED) is 0.796. The zero-order valence-electron chi connectivity index (χ0n) is 16.8. The maximum atomic E-state index is 11.2. The van der Waals surface area contributed by atoms with Crippen molar-refractivity contribution in [3.8, 4) is 5.75 Å². The lowest BCUT2D eigenvalue weighted by Gasteiger charge is -2.50. The number of aliphatic hydroxyl groups is 1. The number of methoxy groups -OCH3 is 1. The summed E-state index contributed by atoms with van der Waals surface area (Å²) >= 11 is 0. The molecule has 3 fully saturated rings. The number of nitrogens with zero attached hydrogens (tertiary/aromatic N) is 1. The molecule has 0 amide bonds. The van der Waals surface area contributed by atoms with Crippen molar-refractivity contribution in [3.63, 3.8) is 0 Å². The summed E-state index contributed by atoms with van der Waals surface area (Å²) in [5.74, 6) is 3.94. The fourth-order valence-electron chi connectivity index (χ4n) is 6.47. The molecule has 6 atom stereocenters. The lowest BCUT2D eigenvalue weighted by molar-refractivity contribution is -0.0254. The molecule has 4 aliphatic rings. The number of aliphatic imine (C=N–C) groups is 1. The maximum Gasteiger partial charge on any atom is 0.119 e. The molecular formula is C25H30NO2. The monoisotopic (exact) mass is 376 g/mol. The van der Waals surface area contributed by atoms with E-state index in [0.29, 0.717) is 17.8 Å². The van der Waals surface area contributed by atoms with Crippen molar-refractivity contribution in [2.24, 2.45) is 22.2 Å². The van der Waals surface area contributed by atoms with Gasteiger partial charge in [-0.2, -0.15) is 0 Å². The van der Waals surface area contributed by atoms with E-state index in [9.17, 15) is 5.11 Å². The maximum absolute atomic E-state index is 11.2. The zero-order chi connectivity index (χ0) is 19.3. The fraction of sp³-hybridized carbons (Fsp3) is 0.520. The number of rotatable bonds is 3. The third kappa shape index (κ3) is 2.93. The summed E-state index contributed by atoms with van der Waals surface area (Å²) in [5.41, 5.74) is 2.99. The summed E-state index contributed by atoms with van der Waals surface area (Å²) in [6, 6.07) is 6.67. The summed E-state index contributed by atoms with van der Waals surface area (Å²) in [7, 11) is 1.75. The van der Waals surface area contributed by atoms with E-state index in [2.05, 4.69) is 38.0 Å². The van der Waals surface area contributed by atoms with Crippen molar-refractivity contribution in [1.82, 2.24) is 0 Å². The second kappa shape index (κ2) is 7.16. The lowest BCUT2D eigenvalue weighted by Crippen LogP contribution is -2.44. The molecule has 0 aliphatic heterocycles. The van der Waals surface area contributed by atoms with Gasteiger partial charge in [0.05, 0.1) is 19.3 Å². The van der Waals surface area contributed by atoms with Gasteiger partial charge in [0.1, 0.15) is 5.75 Å². The Kier molecular flexibility index (Phi) is 4.77. The average molecular weight is 377 g/mol. The number of hydrogen-bond donors (Lipinski definition) is 1. The first-order valence-electron chi connectivity index (χ1n) is 10.7. The minimum Gasteiger partial charge on any atom is -0.497 e. The molecule has 5 radical (unpaired) electrons. The predicted molar refractivity (Wildman–Crippen MR) is 112 cm³/mol. The van der Waals surface area contributed by atoms with Crippen molar-refractivity contribution < 1.29 is 9.84 Å². The second-order valence-corrected chi connectivity index (χ2v) is 9.27. The smallest absolute Gasteiger partial charge is 0.119 e. The van der Waals surface area contributed by atoms with Gasteiger partial charge in [0.25, 0.3) is 0 Å². The molecule has 0 spiro atoms. The fourth-order valence-corrected chi connectivity index (χ4v) is 6.47. The van der Waals surface area contributed by atoms with Crippen molar-refractivity contribution >= 4 is 6.21 Å². The van der Waals surface area contributed by atoms with Crippen molar-refractivity contribution in [3.05, 3.63) is 60.9 Å². The van der Waals surface area contributed by atoms with Crippen LogP contribution in [0.4, 0.5) is 0 Å². The number of benzene rings is 1. The number of ether oxygens (including phenoxy) is 1. The molecule has 1 N–H and O–H groups in total. The van der Waals surface area contributed by atoms with Crippen molar-refractivity contribution in [1.29, 1.82) is 0 Å². The van der Waals surface area contributed by atoms with Crippen molar-refractivity contribution in [2.75, 3.05) is 7.11 Å². The summed E-state index contributed by atoms with van der Waals surface area (Å²) in [6.45, 7) is 2.32. The highest BCUT2D eigenvalue weighted by molar-refractivity contribution is 5.82. The van der Waals surface area contributed by atoms with Gasteiger partial charge in [-0.1, -0.05) is 13.0 Å². The first kappa shape index (κ1) is 18.7. The van der Waals surface area contributed by atoms with Crippen LogP contribution in [0.1, 0.15) is 49.7 Å². The molecule has 1 aromatic carbocycles. The van der Waals surface area contributed by atoms with E-state index in [1.807, 2.05) is 19.1 Å². The molecule has 147 valence electrons. The Morgan fingerprint density at radius 1 is 1.21 bits per heavy atom. The van der Waals surface area contributed by atoms with E-state index < -0.39 is 0 Å². The van der Waals surface area contributed by atoms with Crippen LogP contribution in [0, 0.1) is 48.9 Å². The van der Waals surface area contributed by atoms with Crippen LogP contribution in [0.2, 0.25) is 0 Å². The summed E-state index contributed by atoms with van der Waals surface area (Å²) in [5, 5.41) is 11.2. The lowest BCUT2D eigenvalue weighted by atomic mass is 9.55. The van der Waals surface area contributed by atoms with Crippen LogP contribution in [0.15, 0.2) is 23.2 Å². The van der Waals surface area contributed by atoms with Crippen LogP contribution in [-0.4, -0.2) is 30.6 Å². The Morgan fingerprint density at radius 2 is 2.04 bits per heavy atom. The summed E-state index contributed by atoms with van der Waals surface area (Å²) in [6.07, 6.45) is 15.5. The summed E-state index contributed by atoms with van der Waals surface area (Å²) in [4.78, 5) is 4.83. The molecule has 0 heterocycles. The number of fused-ring (bicyclic) bond motifs is 5. The molecule has 4 aliphatic carbocycles. The SMILES string of the molecule is COc1ccc2c(c1)CC[C@@H]1[C@@H]2CC[C@]2(C)[C@@H](O)[C@H](N=C[C]3[CH][CH][CH][CH]3)C[C@@H]12. The van der Waals surface area contributed by atoms with Crippen LogP contribution in [-0.2, 0) is 6.42 Å². The number of aryl methyl sites for hydroxylation is 1. The Labute approximate surface area is 169 Å². The van der Waals surface area contributed by atoms with Gasteiger partial charge in [0, 0.05) is 12.1 Å². The third-order valence-corrected chi connectivity index (χ3v) is 8.01. The van der Waals surface area contributed by atoms with Gasteiger partial charge in [0.15, 0.2) is 0 Å². The third-order valence-electron chi connectivity index (χ3n) is 8.01. The minimum absolute atomic E-state index is 0.000825. The van der Waals surface area contributed by atoms with Crippen LogP contribution >= 0.6 is 0 Å². The molecule has 28 heavy (non-hydrogen) atoms. The van der Waals surface area contributed by atoms with Gasteiger partial charge in [0.2, 0.25) is 0 Å². The minimum atomic E-state index is -0.332. The average Bonchev–Trinajstić information content (AvgIpc) is 3.32. The van der Waals surface area contributed by atoms with Gasteiger partial charge in [-0.15, -0.1) is 0 Å². The van der Waals surface area contributed by atoms with Crippen molar-refractivity contribution in [2.45, 2.75) is 57.1 Å². The van der Waals surface area contributed by atoms with Gasteiger partial charge < -0.3 is 9.84 Å². The molecule has 0 saturated heterocycles. The highest BCUT2D eigenvalue weighted by atomic mass is 16.5. The highest BCUT2D eigenvalue weighted by Gasteiger charge is 2.58. The van der Waals surface area contributed by atoms with E-state index in [4.69, 9.17) is 9.73 Å². The predicted octanol–water partition coefficient (Wildman–Crippen LogP) is 4.37. The van der Waals surface area contributed by atoms with Gasteiger partial charge >= 0.3 is 0 Å². The molecular weight excluding hydrogens is 346 g/mol. The molecule has 0 bridgehead atoms. The van der Waals surface area contributed by atoms with E-state index >= 15 is 0 Å². The zero-order valence-corrected chi connectivity index (χ0v) is 16.8. The standard InChI is InChI=1S/C25H30NO2/c1-25-12-11-20-19-10-8-18(28-2)13-17(19)7-9-21(20)22(25)14-23(24(25)27)26-15-16-5-3-4-6-16/h3-6,8,10,13,15,20-24,27H,7,9,11-12,14H2,1-2H3/t20-,21-,22+,23-,24+,25+/m1/s1. The second-order valence-electron chi connectivity index (χ2n) is 9.27. The molecule has 3 saturated carbocycles. The Hall–Kier alpha value is -1.35. The molecule has 0 unspecified atom stereocenters. The molecule has 0 aromatic heterocycles. The molecule has 5 rings (SSSR count). The Morgan fingerprint density at radius 3 is 2.82 bits per heavy atom. The Bertz CT molecular complexity index is 753. The molecule has 3 nitrogen and oxygen atoms in total. The number of hydrogen-bond acceptors (Lipinski definition) is 3. The highest BCUT2D eigenvalue weighted by Crippen LogP contribution is 2.61. The topological polar surface area (TPSA) is 41.8 Å². The van der Waals surface area contributed by atoms with E-state index in [0.717, 1.165) is 30.9 Å². The van der Waals surface area contributed by atoms with E-state index in [1.165, 1.54) is 24.0 Å². The van der Waals surface area contributed by atoms with Crippen LogP contribution in [0.3, 0.4) is 0 Å².